The van der Waals surface area contributed by atoms with Gasteiger partial charge in [-0.2, -0.15) is 0 Å². The zero-order chi connectivity index (χ0) is 18.5. The molecular formula is C19H21ClN2O3S. The number of hydrogen-bond acceptors (Lipinski definition) is 5. The van der Waals surface area contributed by atoms with Gasteiger partial charge in [-0.1, -0.05) is 43.5 Å². The van der Waals surface area contributed by atoms with Gasteiger partial charge in [-0.3, -0.25) is 4.79 Å². The van der Waals surface area contributed by atoms with E-state index in [1.54, 1.807) is 17.5 Å². The van der Waals surface area contributed by atoms with Crippen molar-refractivity contribution in [1.82, 2.24) is 10.3 Å². The number of hydrogen-bond donors (Lipinski definition) is 1. The molecule has 1 aromatic heterocycles. The van der Waals surface area contributed by atoms with Crippen molar-refractivity contribution in [3.8, 4) is 10.6 Å². The highest BCUT2D eigenvalue weighted by molar-refractivity contribution is 7.13. The minimum Gasteiger partial charge on any atom is -0.451 e. The molecule has 1 N–H and O–H groups in total. The molecule has 5 nitrogen and oxygen atoms in total. The van der Waals surface area contributed by atoms with Crippen molar-refractivity contribution in [1.29, 1.82) is 0 Å². The van der Waals surface area contributed by atoms with Crippen molar-refractivity contribution < 1.29 is 14.3 Å². The average molecular weight is 393 g/mol. The lowest BCUT2D eigenvalue weighted by atomic mass is 9.86. The molecule has 1 aromatic carbocycles. The van der Waals surface area contributed by atoms with Crippen LogP contribution in [0.2, 0.25) is 5.02 Å². The zero-order valence-electron chi connectivity index (χ0n) is 14.5. The Bertz CT molecular complexity index is 793. The van der Waals surface area contributed by atoms with E-state index in [-0.39, 0.29) is 24.2 Å². The van der Waals surface area contributed by atoms with Crippen molar-refractivity contribution >= 4 is 34.8 Å². The maximum atomic E-state index is 12.1. The summed E-state index contributed by atoms with van der Waals surface area (Å²) in [4.78, 5) is 28.4. The molecule has 1 saturated carbocycles. The van der Waals surface area contributed by atoms with Crippen LogP contribution in [0.5, 0.6) is 0 Å². The Labute approximate surface area is 161 Å². The van der Waals surface area contributed by atoms with Gasteiger partial charge in [0, 0.05) is 22.0 Å². The van der Waals surface area contributed by atoms with E-state index in [0.717, 1.165) is 24.8 Å². The predicted octanol–water partition coefficient (Wildman–Crippen LogP) is 4.32. The lowest BCUT2D eigenvalue weighted by Gasteiger charge is -2.29. The smallest absolute Gasteiger partial charge is 0.358 e. The molecule has 1 aliphatic rings. The van der Waals surface area contributed by atoms with E-state index in [1.807, 2.05) is 12.1 Å². The Balaban J connectivity index is 1.53. The maximum Gasteiger partial charge on any atom is 0.358 e. The summed E-state index contributed by atoms with van der Waals surface area (Å²) in [5.74, 6) is -0.397. The number of carbonyl (C=O) groups is 2. The normalized spacial score (nSPS) is 19.8. The molecule has 0 bridgehead atoms. The van der Waals surface area contributed by atoms with E-state index < -0.39 is 5.97 Å². The Kier molecular flexibility index (Phi) is 6.27. The fraction of sp³-hybridized carbons (Fsp3) is 0.421. The van der Waals surface area contributed by atoms with Crippen LogP contribution in [0.3, 0.4) is 0 Å². The fourth-order valence-electron chi connectivity index (χ4n) is 3.11. The number of carbonyl (C=O) groups excluding carboxylic acids is 2. The molecule has 26 heavy (non-hydrogen) atoms. The van der Waals surface area contributed by atoms with E-state index in [1.165, 1.54) is 17.8 Å². The molecule has 1 fully saturated rings. The van der Waals surface area contributed by atoms with Crippen LogP contribution in [0.1, 0.15) is 43.1 Å². The van der Waals surface area contributed by atoms with Gasteiger partial charge in [0.05, 0.1) is 0 Å². The number of ether oxygens (including phenoxy) is 1. The highest BCUT2D eigenvalue weighted by Crippen LogP contribution is 2.26. The predicted molar refractivity (Wildman–Crippen MR) is 102 cm³/mol. The van der Waals surface area contributed by atoms with Gasteiger partial charge in [0.2, 0.25) is 0 Å². The van der Waals surface area contributed by atoms with Crippen LogP contribution in [-0.4, -0.2) is 29.5 Å². The first-order valence-electron chi connectivity index (χ1n) is 8.71. The van der Waals surface area contributed by atoms with Crippen LogP contribution in [0, 0.1) is 5.92 Å². The van der Waals surface area contributed by atoms with Crippen molar-refractivity contribution in [2.45, 2.75) is 38.6 Å². The number of nitrogens with zero attached hydrogens (tertiary/aromatic N) is 1. The fourth-order valence-corrected chi connectivity index (χ4v) is 4.08. The highest BCUT2D eigenvalue weighted by Gasteiger charge is 2.23. The molecule has 0 saturated heterocycles. The monoisotopic (exact) mass is 392 g/mol. The van der Waals surface area contributed by atoms with Crippen LogP contribution in [0.4, 0.5) is 0 Å². The third kappa shape index (κ3) is 4.83. The molecule has 1 heterocycles. The third-order valence-electron chi connectivity index (χ3n) is 4.58. The SMILES string of the molecule is C[C@@H]1CCCC[C@H]1NC(=O)COC(=O)c1csc(-c2cccc(Cl)c2)n1. The van der Waals surface area contributed by atoms with E-state index in [2.05, 4.69) is 17.2 Å². The molecule has 3 rings (SSSR count). The van der Waals surface area contributed by atoms with Crippen LogP contribution in [-0.2, 0) is 9.53 Å². The summed E-state index contributed by atoms with van der Waals surface area (Å²) < 4.78 is 5.11. The van der Waals surface area contributed by atoms with Gasteiger partial charge in [0.15, 0.2) is 12.3 Å². The van der Waals surface area contributed by atoms with E-state index >= 15 is 0 Å². The van der Waals surface area contributed by atoms with Crippen molar-refractivity contribution in [3.05, 3.63) is 40.4 Å². The molecular weight excluding hydrogens is 372 g/mol. The first-order chi connectivity index (χ1) is 12.5. The number of esters is 1. The summed E-state index contributed by atoms with van der Waals surface area (Å²) >= 11 is 7.31. The molecule has 1 amide bonds. The summed E-state index contributed by atoms with van der Waals surface area (Å²) in [7, 11) is 0. The second-order valence-electron chi connectivity index (χ2n) is 6.56. The van der Waals surface area contributed by atoms with Crippen molar-refractivity contribution in [2.24, 2.45) is 5.92 Å². The minimum atomic E-state index is -0.596. The lowest BCUT2D eigenvalue weighted by molar-refractivity contribution is -0.125. The maximum absolute atomic E-state index is 12.1. The number of thiazole rings is 1. The first kappa shape index (κ1) is 18.9. The number of rotatable bonds is 5. The number of nitrogens with one attached hydrogen (secondary N) is 1. The van der Waals surface area contributed by atoms with Crippen LogP contribution >= 0.6 is 22.9 Å². The molecule has 2 aromatic rings. The minimum absolute atomic E-state index is 0.170. The van der Waals surface area contributed by atoms with Gasteiger partial charge >= 0.3 is 5.97 Å². The second kappa shape index (κ2) is 8.64. The molecule has 0 spiro atoms. The molecule has 138 valence electrons. The van der Waals surface area contributed by atoms with Gasteiger partial charge in [0.25, 0.3) is 5.91 Å². The van der Waals surface area contributed by atoms with Crippen LogP contribution in [0.25, 0.3) is 10.6 Å². The van der Waals surface area contributed by atoms with Gasteiger partial charge < -0.3 is 10.1 Å². The topological polar surface area (TPSA) is 68.3 Å². The molecule has 0 unspecified atom stereocenters. The Morgan fingerprint density at radius 3 is 2.92 bits per heavy atom. The number of amides is 1. The Hall–Kier alpha value is -1.92. The van der Waals surface area contributed by atoms with E-state index in [4.69, 9.17) is 16.3 Å². The molecule has 0 radical (unpaired) electrons. The molecule has 1 aliphatic carbocycles. The van der Waals surface area contributed by atoms with Gasteiger partial charge in [-0.25, -0.2) is 9.78 Å². The van der Waals surface area contributed by atoms with Crippen LogP contribution < -0.4 is 5.32 Å². The van der Waals surface area contributed by atoms with Crippen molar-refractivity contribution in [3.63, 3.8) is 0 Å². The highest BCUT2D eigenvalue weighted by atomic mass is 35.5. The molecule has 2 atom stereocenters. The summed E-state index contributed by atoms with van der Waals surface area (Å²) in [5, 5.41) is 5.88. The van der Waals surface area contributed by atoms with Crippen LogP contribution in [0.15, 0.2) is 29.6 Å². The summed E-state index contributed by atoms with van der Waals surface area (Å²) in [6.07, 6.45) is 4.44. The molecule has 7 heteroatoms. The van der Waals surface area contributed by atoms with E-state index in [9.17, 15) is 9.59 Å². The lowest BCUT2D eigenvalue weighted by Crippen LogP contribution is -2.42. The summed E-state index contributed by atoms with van der Waals surface area (Å²) in [5.41, 5.74) is 1.04. The van der Waals surface area contributed by atoms with Crippen molar-refractivity contribution in [2.75, 3.05) is 6.61 Å². The standard InChI is InChI=1S/C19H21ClN2O3S/c1-12-5-2-3-8-15(12)21-17(23)10-25-19(24)16-11-26-18(22-16)13-6-4-7-14(20)9-13/h4,6-7,9,11-12,15H,2-3,5,8,10H2,1H3,(H,21,23)/t12-,15-/m1/s1. The van der Waals surface area contributed by atoms with Gasteiger partial charge in [-0.05, 0) is 30.9 Å². The molecule has 0 aliphatic heterocycles. The zero-order valence-corrected chi connectivity index (χ0v) is 16.1. The second-order valence-corrected chi connectivity index (χ2v) is 7.85. The Morgan fingerprint density at radius 2 is 2.15 bits per heavy atom. The first-order valence-corrected chi connectivity index (χ1v) is 9.96. The Morgan fingerprint density at radius 1 is 1.35 bits per heavy atom. The summed E-state index contributed by atoms with van der Waals surface area (Å²) in [6, 6.07) is 7.43. The van der Waals surface area contributed by atoms with Gasteiger partial charge in [0.1, 0.15) is 5.01 Å². The number of halogens is 1. The number of aromatic nitrogens is 1. The third-order valence-corrected chi connectivity index (χ3v) is 5.70. The largest absolute Gasteiger partial charge is 0.451 e. The summed E-state index contributed by atoms with van der Waals surface area (Å²) in [6.45, 7) is 1.86. The van der Waals surface area contributed by atoms with E-state index in [0.29, 0.717) is 15.9 Å². The van der Waals surface area contributed by atoms with Gasteiger partial charge in [-0.15, -0.1) is 11.3 Å². The number of benzene rings is 1. The average Bonchev–Trinajstić information content (AvgIpc) is 3.12. The quantitative estimate of drug-likeness (QED) is 0.769.